The lowest BCUT2D eigenvalue weighted by atomic mass is 9.95. The van der Waals surface area contributed by atoms with Crippen molar-refractivity contribution >= 4 is 52.3 Å². The summed E-state index contributed by atoms with van der Waals surface area (Å²) in [5.41, 5.74) is 3.03. The Bertz CT molecular complexity index is 1470. The molecule has 34 heavy (non-hydrogen) atoms. The lowest BCUT2D eigenvalue weighted by Gasteiger charge is -2.25. The largest absolute Gasteiger partial charge is 0.463 e. The van der Waals surface area contributed by atoms with Crippen LogP contribution >= 0.6 is 34.5 Å². The molecule has 4 rings (SSSR count). The van der Waals surface area contributed by atoms with Crippen LogP contribution in [-0.4, -0.2) is 31.2 Å². The molecule has 3 aromatic rings. The second kappa shape index (κ2) is 9.78. The molecule has 0 amide bonds. The van der Waals surface area contributed by atoms with Gasteiger partial charge in [0.2, 0.25) is 0 Å². The SMILES string of the molecule is CCOC(=O)C1=C(C)N=c2s/c(=C/c3cccc(Cl)c3Cl)c(=O)n2[C@@H]1c1ccc(N(C)C)cc1. The van der Waals surface area contributed by atoms with Gasteiger partial charge >= 0.3 is 5.97 Å². The monoisotopic (exact) mass is 515 g/mol. The lowest BCUT2D eigenvalue weighted by Crippen LogP contribution is -2.40. The maximum Gasteiger partial charge on any atom is 0.338 e. The number of hydrogen-bond donors (Lipinski definition) is 0. The number of anilines is 1. The Morgan fingerprint density at radius 2 is 1.91 bits per heavy atom. The van der Waals surface area contributed by atoms with Gasteiger partial charge in [-0.15, -0.1) is 0 Å². The molecule has 0 aliphatic carbocycles. The number of carbonyl (C=O) groups excluding carboxylic acids is 1. The summed E-state index contributed by atoms with van der Waals surface area (Å²) in [5.74, 6) is -0.488. The minimum Gasteiger partial charge on any atom is -0.463 e. The zero-order valence-electron chi connectivity index (χ0n) is 19.1. The zero-order chi connectivity index (χ0) is 24.6. The van der Waals surface area contributed by atoms with Gasteiger partial charge in [-0.2, -0.15) is 0 Å². The Balaban J connectivity index is 1.95. The number of thiazole rings is 1. The Morgan fingerprint density at radius 1 is 1.21 bits per heavy atom. The number of nitrogens with zero attached hydrogens (tertiary/aromatic N) is 3. The van der Waals surface area contributed by atoms with E-state index in [-0.39, 0.29) is 12.2 Å². The Morgan fingerprint density at radius 3 is 2.56 bits per heavy atom. The number of benzene rings is 2. The van der Waals surface area contributed by atoms with Crippen molar-refractivity contribution in [2.24, 2.45) is 4.99 Å². The molecule has 1 aliphatic heterocycles. The van der Waals surface area contributed by atoms with E-state index in [1.54, 1.807) is 42.7 Å². The molecular formula is C25H23Cl2N3O3S. The van der Waals surface area contributed by atoms with Crippen LogP contribution in [0.3, 0.4) is 0 Å². The Kier molecular flexibility index (Phi) is 6.98. The second-order valence-corrected chi connectivity index (χ2v) is 9.73. The summed E-state index contributed by atoms with van der Waals surface area (Å²) in [6.07, 6.45) is 1.70. The maximum atomic E-state index is 13.6. The van der Waals surface area contributed by atoms with Crippen LogP contribution in [0.15, 0.2) is 63.5 Å². The van der Waals surface area contributed by atoms with Crippen molar-refractivity contribution in [3.05, 3.63) is 94.6 Å². The summed E-state index contributed by atoms with van der Waals surface area (Å²) in [7, 11) is 3.90. The van der Waals surface area contributed by atoms with Crippen molar-refractivity contribution in [2.75, 3.05) is 25.6 Å². The highest BCUT2D eigenvalue weighted by molar-refractivity contribution is 7.07. The fourth-order valence-electron chi connectivity index (χ4n) is 3.83. The van der Waals surface area contributed by atoms with Crippen molar-refractivity contribution in [3.8, 4) is 0 Å². The van der Waals surface area contributed by atoms with Gasteiger partial charge in [0.05, 0.1) is 38.5 Å². The molecule has 0 saturated carbocycles. The normalized spacial score (nSPS) is 15.7. The smallest absolute Gasteiger partial charge is 0.338 e. The van der Waals surface area contributed by atoms with E-state index in [1.807, 2.05) is 43.3 Å². The zero-order valence-corrected chi connectivity index (χ0v) is 21.5. The predicted molar refractivity (Wildman–Crippen MR) is 138 cm³/mol. The van der Waals surface area contributed by atoms with Gasteiger partial charge in [-0.05, 0) is 49.2 Å². The summed E-state index contributed by atoms with van der Waals surface area (Å²) < 4.78 is 7.33. The summed E-state index contributed by atoms with van der Waals surface area (Å²) in [6.45, 7) is 3.73. The highest BCUT2D eigenvalue weighted by Gasteiger charge is 2.33. The van der Waals surface area contributed by atoms with Gasteiger partial charge in [-0.25, -0.2) is 9.79 Å². The van der Waals surface area contributed by atoms with Gasteiger partial charge in [0, 0.05) is 19.8 Å². The first-order chi connectivity index (χ1) is 16.2. The number of allylic oxidation sites excluding steroid dienone is 1. The van der Waals surface area contributed by atoms with Crippen molar-refractivity contribution in [2.45, 2.75) is 19.9 Å². The van der Waals surface area contributed by atoms with E-state index in [0.717, 1.165) is 11.3 Å². The summed E-state index contributed by atoms with van der Waals surface area (Å²) in [4.78, 5) is 33.7. The molecular weight excluding hydrogens is 493 g/mol. The van der Waals surface area contributed by atoms with E-state index in [2.05, 4.69) is 4.99 Å². The topological polar surface area (TPSA) is 63.9 Å². The fourth-order valence-corrected chi connectivity index (χ4v) is 5.23. The molecule has 2 heterocycles. The molecule has 0 fully saturated rings. The van der Waals surface area contributed by atoms with Crippen LogP contribution in [0.25, 0.3) is 6.08 Å². The highest BCUT2D eigenvalue weighted by atomic mass is 35.5. The summed E-state index contributed by atoms with van der Waals surface area (Å²) in [6, 6.07) is 12.3. The third-order valence-corrected chi connectivity index (χ3v) is 7.33. The molecule has 6 nitrogen and oxygen atoms in total. The molecule has 1 atom stereocenters. The number of fused-ring (bicyclic) bond motifs is 1. The van der Waals surface area contributed by atoms with E-state index in [1.165, 1.54) is 11.3 Å². The van der Waals surface area contributed by atoms with E-state index in [9.17, 15) is 9.59 Å². The van der Waals surface area contributed by atoms with Crippen LogP contribution in [-0.2, 0) is 9.53 Å². The number of carbonyl (C=O) groups is 1. The van der Waals surface area contributed by atoms with E-state index in [0.29, 0.717) is 36.2 Å². The minimum atomic E-state index is -0.663. The first kappa shape index (κ1) is 24.3. The summed E-state index contributed by atoms with van der Waals surface area (Å²) in [5, 5.41) is 0.775. The number of hydrogen-bond acceptors (Lipinski definition) is 6. The second-order valence-electron chi connectivity index (χ2n) is 7.93. The van der Waals surface area contributed by atoms with Gasteiger partial charge < -0.3 is 9.64 Å². The molecule has 0 spiro atoms. The van der Waals surface area contributed by atoms with Gasteiger partial charge in [-0.1, -0.05) is 58.8 Å². The van der Waals surface area contributed by atoms with Crippen LogP contribution in [0.2, 0.25) is 10.0 Å². The van der Waals surface area contributed by atoms with E-state index < -0.39 is 12.0 Å². The molecule has 0 bridgehead atoms. The first-order valence-corrected chi connectivity index (χ1v) is 12.2. The molecule has 2 aromatic carbocycles. The molecule has 176 valence electrons. The molecule has 0 N–H and O–H groups in total. The standard InChI is InChI=1S/C25H23Cl2N3O3S/c1-5-33-24(32)20-14(2)28-25-30(22(20)15-9-11-17(12-10-15)29(3)4)23(31)19(34-25)13-16-7-6-8-18(26)21(16)27/h6-13,22H,5H2,1-4H3/b19-13+/t22-/m1/s1. The average Bonchev–Trinajstić information content (AvgIpc) is 3.10. The highest BCUT2D eigenvalue weighted by Crippen LogP contribution is 2.32. The van der Waals surface area contributed by atoms with Crippen molar-refractivity contribution < 1.29 is 9.53 Å². The first-order valence-electron chi connectivity index (χ1n) is 10.6. The maximum absolute atomic E-state index is 13.6. The van der Waals surface area contributed by atoms with Crippen LogP contribution in [0, 0.1) is 0 Å². The van der Waals surface area contributed by atoms with Crippen molar-refractivity contribution in [1.82, 2.24) is 4.57 Å². The molecule has 9 heteroatoms. The van der Waals surface area contributed by atoms with Crippen LogP contribution in [0.1, 0.15) is 31.0 Å². The molecule has 0 unspecified atom stereocenters. The van der Waals surface area contributed by atoms with Crippen molar-refractivity contribution in [3.63, 3.8) is 0 Å². The molecule has 1 aromatic heterocycles. The third kappa shape index (κ3) is 4.43. The number of rotatable bonds is 5. The Labute approximate surface area is 211 Å². The molecule has 0 radical (unpaired) electrons. The summed E-state index contributed by atoms with van der Waals surface area (Å²) >= 11 is 13.7. The van der Waals surface area contributed by atoms with Gasteiger partial charge in [0.25, 0.3) is 5.56 Å². The number of esters is 1. The molecule has 1 aliphatic rings. The minimum absolute atomic E-state index is 0.222. The van der Waals surface area contributed by atoms with E-state index >= 15 is 0 Å². The van der Waals surface area contributed by atoms with Crippen molar-refractivity contribution in [1.29, 1.82) is 0 Å². The predicted octanol–water partition coefficient (Wildman–Crippen LogP) is 4.17. The van der Waals surface area contributed by atoms with Gasteiger partial charge in [0.1, 0.15) is 0 Å². The quantitative estimate of drug-likeness (QED) is 0.478. The number of halogens is 2. The lowest BCUT2D eigenvalue weighted by molar-refractivity contribution is -0.139. The average molecular weight is 516 g/mol. The third-order valence-electron chi connectivity index (χ3n) is 5.51. The number of aromatic nitrogens is 1. The van der Waals surface area contributed by atoms with E-state index in [4.69, 9.17) is 27.9 Å². The van der Waals surface area contributed by atoms with Crippen LogP contribution in [0.4, 0.5) is 5.69 Å². The van der Waals surface area contributed by atoms with Crippen LogP contribution < -0.4 is 19.8 Å². The van der Waals surface area contributed by atoms with Crippen LogP contribution in [0.5, 0.6) is 0 Å². The number of ether oxygens (including phenoxy) is 1. The van der Waals surface area contributed by atoms with Gasteiger partial charge in [0.15, 0.2) is 4.80 Å². The molecule has 0 saturated heterocycles. The Hall–Kier alpha value is -2.87. The van der Waals surface area contributed by atoms with Gasteiger partial charge in [-0.3, -0.25) is 9.36 Å². The fraction of sp³-hybridized carbons (Fsp3) is 0.240.